The Kier molecular flexibility index (Phi) is 6.77. The van der Waals surface area contributed by atoms with Crippen molar-refractivity contribution in [3.05, 3.63) is 71.3 Å². The molecule has 0 aliphatic rings. The zero-order valence-corrected chi connectivity index (χ0v) is 15.9. The molecule has 27 heavy (non-hydrogen) atoms. The molecule has 0 heterocycles. The van der Waals surface area contributed by atoms with E-state index < -0.39 is 11.6 Å². The molecule has 0 atom stereocenters. The molecule has 0 bridgehead atoms. The quantitative estimate of drug-likeness (QED) is 0.699. The van der Waals surface area contributed by atoms with Gasteiger partial charge in [0.1, 0.15) is 5.75 Å². The fraction of sp³-hybridized carbons (Fsp3) is 0.273. The lowest BCUT2D eigenvalue weighted by Crippen LogP contribution is -2.37. The van der Waals surface area contributed by atoms with Crippen LogP contribution in [0, 0.1) is 6.92 Å². The number of ether oxygens (including phenoxy) is 1. The van der Waals surface area contributed by atoms with Crippen molar-refractivity contribution in [2.45, 2.75) is 32.8 Å². The van der Waals surface area contributed by atoms with Gasteiger partial charge in [-0.25, -0.2) is 4.79 Å². The lowest BCUT2D eigenvalue weighted by Gasteiger charge is -2.21. The number of hydrogen-bond donors (Lipinski definition) is 2. The summed E-state index contributed by atoms with van der Waals surface area (Å²) in [7, 11) is 0. The maximum atomic E-state index is 11.9. The van der Waals surface area contributed by atoms with Gasteiger partial charge in [-0.1, -0.05) is 42.0 Å². The molecule has 2 aromatic rings. The van der Waals surface area contributed by atoms with Gasteiger partial charge in [-0.3, -0.25) is 4.79 Å². The Balaban J connectivity index is 1.78. The lowest BCUT2D eigenvalue weighted by atomic mass is 10.1. The third-order valence-corrected chi connectivity index (χ3v) is 4.03. The van der Waals surface area contributed by atoms with E-state index in [1.165, 1.54) is 25.5 Å². The minimum Gasteiger partial charge on any atom is -0.478 e. The van der Waals surface area contributed by atoms with Gasteiger partial charge in [-0.05, 0) is 56.5 Å². The highest BCUT2D eigenvalue weighted by Crippen LogP contribution is 2.19. The molecule has 5 heteroatoms. The summed E-state index contributed by atoms with van der Waals surface area (Å²) in [6.45, 7) is 5.54. The van der Waals surface area contributed by atoms with Crippen molar-refractivity contribution in [3.8, 4) is 5.75 Å². The summed E-state index contributed by atoms with van der Waals surface area (Å²) in [5, 5.41) is 11.9. The van der Waals surface area contributed by atoms with Gasteiger partial charge in [-0.2, -0.15) is 0 Å². The zero-order valence-electron chi connectivity index (χ0n) is 15.9. The molecule has 0 radical (unpaired) electrons. The molecule has 0 aromatic heterocycles. The number of carbonyl (C=O) groups excluding carboxylic acids is 1. The Hall–Kier alpha value is -3.08. The van der Waals surface area contributed by atoms with Crippen molar-refractivity contribution >= 4 is 18.0 Å². The summed E-state index contributed by atoms with van der Waals surface area (Å²) < 4.78 is 5.46. The number of carbonyl (C=O) groups is 2. The van der Waals surface area contributed by atoms with Gasteiger partial charge in [0.25, 0.3) is 0 Å². The van der Waals surface area contributed by atoms with Gasteiger partial charge in [0.2, 0.25) is 5.91 Å². The molecule has 0 aliphatic carbocycles. The SMILES string of the molecule is Cc1ccc(C=CC(=O)NCCc2ccc(OC(C)(C)C(=O)O)cc2)cc1. The van der Waals surface area contributed by atoms with Crippen LogP contribution in [0.4, 0.5) is 0 Å². The number of aliphatic carboxylic acids is 1. The molecule has 2 aromatic carbocycles. The highest BCUT2D eigenvalue weighted by molar-refractivity contribution is 5.91. The van der Waals surface area contributed by atoms with Crippen LogP contribution >= 0.6 is 0 Å². The van der Waals surface area contributed by atoms with E-state index >= 15 is 0 Å². The number of hydrogen-bond acceptors (Lipinski definition) is 3. The van der Waals surface area contributed by atoms with Gasteiger partial charge >= 0.3 is 5.97 Å². The van der Waals surface area contributed by atoms with E-state index in [0.29, 0.717) is 18.7 Å². The normalized spacial score (nSPS) is 11.4. The van der Waals surface area contributed by atoms with Gasteiger partial charge in [0.05, 0.1) is 0 Å². The van der Waals surface area contributed by atoms with Crippen LogP contribution in [0.5, 0.6) is 5.75 Å². The number of rotatable bonds is 8. The summed E-state index contributed by atoms with van der Waals surface area (Å²) in [5.41, 5.74) is 1.91. The molecule has 0 aliphatic heterocycles. The van der Waals surface area contributed by atoms with Gasteiger partial charge in [0, 0.05) is 12.6 Å². The number of benzene rings is 2. The van der Waals surface area contributed by atoms with Crippen LogP contribution in [0.2, 0.25) is 0 Å². The Labute approximate surface area is 159 Å². The van der Waals surface area contributed by atoms with Crippen LogP contribution in [-0.4, -0.2) is 29.1 Å². The first kappa shape index (κ1) is 20.2. The average molecular weight is 367 g/mol. The maximum absolute atomic E-state index is 11.9. The molecule has 2 N–H and O–H groups in total. The minimum absolute atomic E-state index is 0.140. The molecule has 0 fully saturated rings. The zero-order chi connectivity index (χ0) is 19.9. The van der Waals surface area contributed by atoms with Gasteiger partial charge in [-0.15, -0.1) is 0 Å². The predicted molar refractivity (Wildman–Crippen MR) is 106 cm³/mol. The van der Waals surface area contributed by atoms with E-state index in [-0.39, 0.29) is 5.91 Å². The van der Waals surface area contributed by atoms with Crippen LogP contribution in [0.25, 0.3) is 6.08 Å². The predicted octanol–water partition coefficient (Wildman–Crippen LogP) is 3.61. The van der Waals surface area contributed by atoms with Crippen LogP contribution in [-0.2, 0) is 16.0 Å². The van der Waals surface area contributed by atoms with E-state index in [1.54, 1.807) is 18.2 Å². The van der Waals surface area contributed by atoms with E-state index in [1.807, 2.05) is 43.3 Å². The maximum Gasteiger partial charge on any atom is 0.347 e. The molecule has 5 nitrogen and oxygen atoms in total. The van der Waals surface area contributed by atoms with Gasteiger partial charge < -0.3 is 15.2 Å². The molecule has 0 unspecified atom stereocenters. The number of carboxylic acid groups (broad SMARTS) is 1. The second-order valence-electron chi connectivity index (χ2n) is 6.85. The Morgan fingerprint density at radius 3 is 2.30 bits per heavy atom. The molecule has 1 amide bonds. The van der Waals surface area contributed by atoms with Gasteiger partial charge in [0.15, 0.2) is 5.60 Å². The molecule has 0 spiro atoms. The van der Waals surface area contributed by atoms with E-state index in [2.05, 4.69) is 5.32 Å². The first-order chi connectivity index (χ1) is 12.8. The Morgan fingerprint density at radius 2 is 1.70 bits per heavy atom. The molecular weight excluding hydrogens is 342 g/mol. The van der Waals surface area contributed by atoms with Crippen LogP contribution in [0.3, 0.4) is 0 Å². The summed E-state index contributed by atoms with van der Waals surface area (Å²) in [4.78, 5) is 23.0. The average Bonchev–Trinajstić information content (AvgIpc) is 2.62. The number of carboxylic acids is 1. The summed E-state index contributed by atoms with van der Waals surface area (Å²) >= 11 is 0. The van der Waals surface area contributed by atoms with Crippen molar-refractivity contribution in [1.82, 2.24) is 5.32 Å². The van der Waals surface area contributed by atoms with Crippen LogP contribution in [0.1, 0.15) is 30.5 Å². The number of nitrogens with one attached hydrogen (secondary N) is 1. The first-order valence-corrected chi connectivity index (χ1v) is 8.80. The van der Waals surface area contributed by atoms with Crippen molar-refractivity contribution in [2.75, 3.05) is 6.54 Å². The fourth-order valence-electron chi connectivity index (χ4n) is 2.30. The largest absolute Gasteiger partial charge is 0.478 e. The van der Waals surface area contributed by atoms with Crippen LogP contribution < -0.4 is 10.1 Å². The molecule has 142 valence electrons. The smallest absolute Gasteiger partial charge is 0.347 e. The minimum atomic E-state index is -1.28. The van der Waals surface area contributed by atoms with E-state index in [9.17, 15) is 9.59 Å². The summed E-state index contributed by atoms with van der Waals surface area (Å²) in [6.07, 6.45) is 3.98. The van der Waals surface area contributed by atoms with Crippen molar-refractivity contribution in [2.24, 2.45) is 0 Å². The third-order valence-electron chi connectivity index (χ3n) is 4.03. The van der Waals surface area contributed by atoms with E-state index in [0.717, 1.165) is 11.1 Å². The third kappa shape index (κ3) is 6.62. The Morgan fingerprint density at radius 1 is 1.07 bits per heavy atom. The number of aryl methyl sites for hydroxylation is 1. The van der Waals surface area contributed by atoms with Crippen molar-refractivity contribution < 1.29 is 19.4 Å². The summed E-state index contributed by atoms with van der Waals surface area (Å²) in [6, 6.07) is 15.1. The lowest BCUT2D eigenvalue weighted by molar-refractivity contribution is -0.152. The fourth-order valence-corrected chi connectivity index (χ4v) is 2.30. The highest BCUT2D eigenvalue weighted by atomic mass is 16.5. The van der Waals surface area contributed by atoms with E-state index in [4.69, 9.17) is 9.84 Å². The van der Waals surface area contributed by atoms with Crippen molar-refractivity contribution in [1.29, 1.82) is 0 Å². The second kappa shape index (κ2) is 9.03. The highest BCUT2D eigenvalue weighted by Gasteiger charge is 2.29. The monoisotopic (exact) mass is 367 g/mol. The molecule has 0 saturated carbocycles. The van der Waals surface area contributed by atoms with Crippen LogP contribution in [0.15, 0.2) is 54.6 Å². The molecule has 0 saturated heterocycles. The molecular formula is C22H25NO4. The number of amides is 1. The topological polar surface area (TPSA) is 75.6 Å². The Bertz CT molecular complexity index is 805. The first-order valence-electron chi connectivity index (χ1n) is 8.80. The van der Waals surface area contributed by atoms with Crippen molar-refractivity contribution in [3.63, 3.8) is 0 Å². The second-order valence-corrected chi connectivity index (χ2v) is 6.85. The molecule has 2 rings (SSSR count). The summed E-state index contributed by atoms with van der Waals surface area (Å²) in [5.74, 6) is -0.664. The standard InChI is InChI=1S/C22H25NO4/c1-16-4-6-17(7-5-16)10-13-20(24)23-15-14-18-8-11-19(12-9-18)27-22(2,3)21(25)26/h4-13H,14-15H2,1-3H3,(H,23,24)(H,25,26).